The number of methoxy groups -OCH3 is 1. The fraction of sp³-hybridized carbons (Fsp3) is 0.600. The molecule has 3 fully saturated rings. The molecule has 2 saturated carbocycles. The first kappa shape index (κ1) is 19.1. The van der Waals surface area contributed by atoms with E-state index >= 15 is 0 Å². The summed E-state index contributed by atoms with van der Waals surface area (Å²) in [6.07, 6.45) is -3.64. The molecule has 1 saturated heterocycles. The predicted octanol–water partition coefficient (Wildman–Crippen LogP) is 3.40. The number of alkyl halides is 3. The second-order valence-electron chi connectivity index (χ2n) is 8.43. The number of carbonyl (C=O) groups is 2. The van der Waals surface area contributed by atoms with Crippen molar-refractivity contribution in [2.45, 2.75) is 37.9 Å². The lowest BCUT2D eigenvalue weighted by Gasteiger charge is -2.37. The number of hydrogen-bond donors (Lipinski definition) is 1. The van der Waals surface area contributed by atoms with Crippen LogP contribution in [0.25, 0.3) is 0 Å². The fourth-order valence-electron chi connectivity index (χ4n) is 5.01. The molecule has 1 aromatic rings. The molecule has 1 aliphatic heterocycles. The van der Waals surface area contributed by atoms with E-state index in [1.54, 1.807) is 6.07 Å². The molecule has 152 valence electrons. The van der Waals surface area contributed by atoms with E-state index in [0.717, 1.165) is 6.07 Å². The molecule has 4 rings (SSSR count). The molecule has 1 aromatic carbocycles. The highest BCUT2D eigenvalue weighted by molar-refractivity contribution is 5.81. The van der Waals surface area contributed by atoms with Gasteiger partial charge in [0.25, 0.3) is 0 Å². The van der Waals surface area contributed by atoms with E-state index in [1.807, 2.05) is 4.90 Å². The van der Waals surface area contributed by atoms with Crippen LogP contribution in [0.3, 0.4) is 0 Å². The first-order valence-electron chi connectivity index (χ1n) is 9.44. The van der Waals surface area contributed by atoms with Crippen LogP contribution in [0.2, 0.25) is 0 Å². The fourth-order valence-corrected chi connectivity index (χ4v) is 5.01. The molecular formula is C20H23F3N2O3. The zero-order chi connectivity index (χ0) is 20.3. The number of carbonyl (C=O) groups excluding carboxylic acids is 2. The van der Waals surface area contributed by atoms with Gasteiger partial charge in [-0.2, -0.15) is 13.2 Å². The van der Waals surface area contributed by atoms with E-state index in [1.165, 1.54) is 19.2 Å². The average Bonchev–Trinajstić information content (AvgIpc) is 3.02. The van der Waals surface area contributed by atoms with Crippen molar-refractivity contribution in [1.82, 2.24) is 10.2 Å². The quantitative estimate of drug-likeness (QED) is 0.852. The number of amides is 2. The Morgan fingerprint density at radius 2 is 2.00 bits per heavy atom. The number of likely N-dealkylation sites (tertiary alicyclic amines) is 1. The van der Waals surface area contributed by atoms with Crippen LogP contribution in [0, 0.1) is 17.3 Å². The van der Waals surface area contributed by atoms with Crippen molar-refractivity contribution >= 4 is 12.0 Å². The number of alkyl carbamates (subject to hydrolysis) is 1. The minimum absolute atomic E-state index is 0.0352. The van der Waals surface area contributed by atoms with Gasteiger partial charge < -0.3 is 15.0 Å². The zero-order valence-electron chi connectivity index (χ0n) is 15.8. The van der Waals surface area contributed by atoms with Crippen LogP contribution in [0.4, 0.5) is 18.0 Å². The molecule has 3 atom stereocenters. The summed E-state index contributed by atoms with van der Waals surface area (Å²) in [5, 5.41) is 2.69. The Labute approximate surface area is 161 Å². The van der Waals surface area contributed by atoms with Crippen LogP contribution in [0.1, 0.15) is 36.8 Å². The number of nitrogens with one attached hydrogen (secondary N) is 1. The number of piperidine rings is 1. The normalized spacial score (nSPS) is 33.7. The summed E-state index contributed by atoms with van der Waals surface area (Å²) in [6, 6.07) is 5.52. The lowest BCUT2D eigenvalue weighted by Crippen LogP contribution is -2.50. The Balaban J connectivity index is 1.35. The third kappa shape index (κ3) is 3.12. The molecule has 3 aliphatic rings. The molecular weight excluding hydrogens is 373 g/mol. The first-order chi connectivity index (χ1) is 13.1. The number of benzene rings is 1. The molecule has 1 heterocycles. The summed E-state index contributed by atoms with van der Waals surface area (Å²) < 4.78 is 43.5. The third-order valence-corrected chi connectivity index (χ3v) is 6.68. The smallest absolute Gasteiger partial charge is 0.416 e. The van der Waals surface area contributed by atoms with Crippen LogP contribution >= 0.6 is 0 Å². The third-order valence-electron chi connectivity index (χ3n) is 6.68. The van der Waals surface area contributed by atoms with Gasteiger partial charge in [-0.15, -0.1) is 0 Å². The van der Waals surface area contributed by atoms with Gasteiger partial charge in [-0.3, -0.25) is 4.79 Å². The van der Waals surface area contributed by atoms with Crippen molar-refractivity contribution in [3.8, 4) is 0 Å². The highest BCUT2D eigenvalue weighted by Gasteiger charge is 2.67. The van der Waals surface area contributed by atoms with Crippen LogP contribution in [-0.2, 0) is 15.7 Å². The van der Waals surface area contributed by atoms with Crippen molar-refractivity contribution in [3.63, 3.8) is 0 Å². The van der Waals surface area contributed by atoms with Crippen LogP contribution in [-0.4, -0.2) is 43.1 Å². The van der Waals surface area contributed by atoms with Gasteiger partial charge >= 0.3 is 12.3 Å². The average molecular weight is 396 g/mol. The molecule has 0 bridgehead atoms. The van der Waals surface area contributed by atoms with Gasteiger partial charge in [-0.25, -0.2) is 4.79 Å². The maximum Gasteiger partial charge on any atom is 0.416 e. The summed E-state index contributed by atoms with van der Waals surface area (Å²) in [4.78, 5) is 25.7. The lowest BCUT2D eigenvalue weighted by molar-refractivity contribution is -0.139. The molecule has 0 radical (unpaired) electrons. The van der Waals surface area contributed by atoms with Crippen LogP contribution in [0.15, 0.2) is 24.3 Å². The molecule has 2 aliphatic carbocycles. The summed E-state index contributed by atoms with van der Waals surface area (Å²) >= 11 is 0. The van der Waals surface area contributed by atoms with Gasteiger partial charge in [0.05, 0.1) is 12.7 Å². The molecule has 1 N–H and O–H groups in total. The van der Waals surface area contributed by atoms with E-state index in [4.69, 9.17) is 0 Å². The van der Waals surface area contributed by atoms with E-state index < -0.39 is 17.8 Å². The van der Waals surface area contributed by atoms with Gasteiger partial charge in [-0.1, -0.05) is 25.1 Å². The number of nitrogens with zero attached hydrogens (tertiary/aromatic N) is 1. The summed E-state index contributed by atoms with van der Waals surface area (Å²) in [5.41, 5.74) is -0.0710. The molecule has 0 spiro atoms. The number of rotatable bonds is 3. The first-order valence-corrected chi connectivity index (χ1v) is 9.44. The summed E-state index contributed by atoms with van der Waals surface area (Å²) in [7, 11) is 1.30. The Kier molecular flexibility index (Phi) is 4.35. The van der Waals surface area contributed by atoms with Gasteiger partial charge in [0.1, 0.15) is 0 Å². The Bertz CT molecular complexity index is 806. The Morgan fingerprint density at radius 1 is 1.29 bits per heavy atom. The standard InChI is InChI=1S/C20H23F3N2O3/c1-19-10-25(17(26)12-7-14(8-12)24-18(27)28-2)9-15(19)16(19)11-4-3-5-13(6-11)20(21,22)23/h3-6,12,14-16H,7-10H2,1-2H3,(H,24,27). The maximum absolute atomic E-state index is 13.0. The molecule has 0 aromatic heterocycles. The SMILES string of the molecule is COC(=O)NC1CC(C(=O)N2CC3C(c4cccc(C(F)(F)F)c4)C3(C)C2)C1. The van der Waals surface area contributed by atoms with E-state index in [2.05, 4.69) is 17.0 Å². The van der Waals surface area contributed by atoms with Gasteiger partial charge in [0.15, 0.2) is 0 Å². The number of fused-ring (bicyclic) bond motifs is 1. The second kappa shape index (κ2) is 6.39. The zero-order valence-corrected chi connectivity index (χ0v) is 15.8. The molecule has 3 unspecified atom stereocenters. The van der Waals surface area contributed by atoms with Crippen LogP contribution < -0.4 is 5.32 Å². The number of hydrogen-bond acceptors (Lipinski definition) is 3. The van der Waals surface area contributed by atoms with E-state index in [9.17, 15) is 22.8 Å². The molecule has 5 nitrogen and oxygen atoms in total. The van der Waals surface area contributed by atoms with Gasteiger partial charge in [0, 0.05) is 25.0 Å². The molecule has 8 heteroatoms. The van der Waals surface area contributed by atoms with Gasteiger partial charge in [-0.05, 0) is 41.7 Å². The predicted molar refractivity (Wildman–Crippen MR) is 94.4 cm³/mol. The van der Waals surface area contributed by atoms with Crippen molar-refractivity contribution in [3.05, 3.63) is 35.4 Å². The molecule has 2 amide bonds. The van der Waals surface area contributed by atoms with Crippen molar-refractivity contribution in [2.75, 3.05) is 20.2 Å². The molecule has 28 heavy (non-hydrogen) atoms. The Hall–Kier alpha value is -2.25. The highest BCUT2D eigenvalue weighted by atomic mass is 19.4. The van der Waals surface area contributed by atoms with E-state index in [-0.39, 0.29) is 35.1 Å². The van der Waals surface area contributed by atoms with Crippen LogP contribution in [0.5, 0.6) is 0 Å². The summed E-state index contributed by atoms with van der Waals surface area (Å²) in [5.74, 6) is 0.243. The second-order valence-corrected chi connectivity index (χ2v) is 8.43. The highest BCUT2D eigenvalue weighted by Crippen LogP contribution is 2.68. The van der Waals surface area contributed by atoms with Crippen molar-refractivity contribution < 1.29 is 27.5 Å². The van der Waals surface area contributed by atoms with Crippen molar-refractivity contribution in [1.29, 1.82) is 0 Å². The van der Waals surface area contributed by atoms with Crippen molar-refractivity contribution in [2.24, 2.45) is 17.3 Å². The maximum atomic E-state index is 13.0. The largest absolute Gasteiger partial charge is 0.453 e. The Morgan fingerprint density at radius 3 is 2.57 bits per heavy atom. The number of halogens is 3. The topological polar surface area (TPSA) is 58.6 Å². The minimum Gasteiger partial charge on any atom is -0.453 e. The van der Waals surface area contributed by atoms with Gasteiger partial charge in [0.2, 0.25) is 5.91 Å². The number of ether oxygens (including phenoxy) is 1. The van der Waals surface area contributed by atoms with E-state index in [0.29, 0.717) is 31.5 Å². The monoisotopic (exact) mass is 396 g/mol. The lowest BCUT2D eigenvalue weighted by atomic mass is 9.79. The minimum atomic E-state index is -4.35. The summed E-state index contributed by atoms with van der Waals surface area (Å²) in [6.45, 7) is 3.21.